The molecule has 0 spiro atoms. The predicted octanol–water partition coefficient (Wildman–Crippen LogP) is 2.82. The van der Waals surface area contributed by atoms with Crippen molar-refractivity contribution >= 4 is 45.7 Å². The number of carbonyl (C=O) groups excluding carboxylic acids is 1. The lowest BCUT2D eigenvalue weighted by molar-refractivity contribution is -0.119. The summed E-state index contributed by atoms with van der Waals surface area (Å²) < 4.78 is 22.5. The Morgan fingerprint density at radius 2 is 2.10 bits per heavy atom. The van der Waals surface area contributed by atoms with Crippen LogP contribution < -0.4 is 11.1 Å². The van der Waals surface area contributed by atoms with E-state index in [9.17, 15) is 4.79 Å². The molecule has 9 nitrogen and oxygen atoms in total. The van der Waals surface area contributed by atoms with E-state index in [1.54, 1.807) is 0 Å². The molecule has 0 saturated heterocycles. The van der Waals surface area contributed by atoms with Gasteiger partial charge in [0.1, 0.15) is 17.9 Å². The maximum absolute atomic E-state index is 11.5. The molecule has 0 atom stereocenters. The van der Waals surface area contributed by atoms with Crippen LogP contribution in [-0.2, 0) is 27.4 Å². The largest absolute Gasteiger partial charge is 0.382 e. The Kier molecular flexibility index (Phi) is 7.71. The van der Waals surface area contributed by atoms with Gasteiger partial charge in [-0.1, -0.05) is 18.2 Å². The molecule has 1 aromatic carbocycles. The summed E-state index contributed by atoms with van der Waals surface area (Å²) in [5, 5.41) is 3.67. The number of amides is 1. The summed E-state index contributed by atoms with van der Waals surface area (Å²) in [6, 6.07) is 7.84. The number of nitrogens with one attached hydrogen (secondary N) is 1. The highest BCUT2D eigenvalue weighted by atomic mass is 32.2. The first kappa shape index (κ1) is 23.3. The van der Waals surface area contributed by atoms with E-state index < -0.39 is 5.60 Å². The highest BCUT2D eigenvalue weighted by Crippen LogP contribution is 2.30. The number of nitrogens with two attached hydrogens (primary N) is 1. The molecule has 0 bridgehead atoms. The summed E-state index contributed by atoms with van der Waals surface area (Å²) in [6.45, 7) is 8.05. The fourth-order valence-corrected chi connectivity index (χ4v) is 3.65. The fraction of sp³-hybridized carbons (Fsp3) is 0.476. The van der Waals surface area contributed by atoms with E-state index in [2.05, 4.69) is 14.9 Å². The minimum absolute atomic E-state index is 0.00768. The Bertz CT molecular complexity index is 1050. The van der Waals surface area contributed by atoms with E-state index in [4.69, 9.17) is 24.7 Å². The molecule has 0 radical (unpaired) electrons. The minimum atomic E-state index is -0.551. The molecule has 168 valence electrons. The lowest BCUT2D eigenvalue weighted by Crippen LogP contribution is -2.36. The van der Waals surface area contributed by atoms with Crippen LogP contribution >= 0.6 is 12.0 Å². The van der Waals surface area contributed by atoms with Crippen LogP contribution in [0.3, 0.4) is 0 Å². The van der Waals surface area contributed by atoms with Crippen molar-refractivity contribution in [3.05, 3.63) is 30.1 Å². The topological polar surface area (TPSA) is 125 Å². The third kappa shape index (κ3) is 5.65. The zero-order valence-corrected chi connectivity index (χ0v) is 18.9. The number of aromatic nitrogens is 3. The molecule has 2 aromatic heterocycles. The molecular weight excluding hydrogens is 418 g/mol. The SMILES string of the molecule is CCOCc1nc2c(N)nc3ccccc3c2n1CC(C)(C)OCCNC(=O)CSO. The standard InChI is InChI=1S/C21H29N5O4S/c1-4-29-11-16-25-18-19(14-7-5-6-8-15(14)24-20(18)22)26(16)13-21(2,3)30-10-9-23-17(27)12-31-28/h5-8,28H,4,9-13H2,1-3H3,(H2,22,24)(H,23,27). The van der Waals surface area contributed by atoms with Crippen LogP contribution in [0.5, 0.6) is 0 Å². The summed E-state index contributed by atoms with van der Waals surface area (Å²) in [7, 11) is 0. The second kappa shape index (κ2) is 10.3. The molecule has 1 amide bonds. The third-order valence-electron chi connectivity index (χ3n) is 4.78. The molecule has 10 heteroatoms. The molecule has 0 fully saturated rings. The van der Waals surface area contributed by atoms with Gasteiger partial charge in [-0.25, -0.2) is 9.97 Å². The first-order valence-corrected chi connectivity index (χ1v) is 11.1. The summed E-state index contributed by atoms with van der Waals surface area (Å²) in [5.41, 5.74) is 8.04. The number of rotatable bonds is 11. The third-order valence-corrected chi connectivity index (χ3v) is 5.17. The van der Waals surface area contributed by atoms with Crippen LogP contribution in [0.25, 0.3) is 21.9 Å². The predicted molar refractivity (Wildman–Crippen MR) is 123 cm³/mol. The maximum atomic E-state index is 11.5. The molecule has 2 heterocycles. The molecule has 0 aliphatic heterocycles. The Balaban J connectivity index is 1.89. The Hall–Kier alpha value is -2.40. The van der Waals surface area contributed by atoms with Crippen LogP contribution in [0.15, 0.2) is 24.3 Å². The molecular formula is C21H29N5O4S. The minimum Gasteiger partial charge on any atom is -0.382 e. The van der Waals surface area contributed by atoms with Crippen LogP contribution in [0, 0.1) is 0 Å². The van der Waals surface area contributed by atoms with Gasteiger partial charge in [-0.2, -0.15) is 0 Å². The normalized spacial score (nSPS) is 12.0. The molecule has 0 saturated carbocycles. The molecule has 0 aliphatic carbocycles. The number of anilines is 1. The number of nitrogen functional groups attached to an aromatic ring is 1. The van der Waals surface area contributed by atoms with Gasteiger partial charge in [-0.15, -0.1) is 0 Å². The van der Waals surface area contributed by atoms with Gasteiger partial charge in [0.2, 0.25) is 5.91 Å². The number of benzene rings is 1. The molecule has 0 unspecified atom stereocenters. The van der Waals surface area contributed by atoms with E-state index in [1.807, 2.05) is 45.0 Å². The van der Waals surface area contributed by atoms with E-state index in [0.29, 0.717) is 56.3 Å². The van der Waals surface area contributed by atoms with Gasteiger partial charge >= 0.3 is 0 Å². The summed E-state index contributed by atoms with van der Waals surface area (Å²) >= 11 is 0.497. The highest BCUT2D eigenvalue weighted by molar-refractivity contribution is 7.94. The maximum Gasteiger partial charge on any atom is 0.232 e. The summed E-state index contributed by atoms with van der Waals surface area (Å²) in [5.74, 6) is 0.913. The number of para-hydroxylation sites is 1. The van der Waals surface area contributed by atoms with E-state index in [0.717, 1.165) is 22.2 Å². The van der Waals surface area contributed by atoms with Gasteiger partial charge < -0.3 is 29.6 Å². The van der Waals surface area contributed by atoms with Crippen LogP contribution in [-0.4, -0.2) is 56.1 Å². The van der Waals surface area contributed by atoms with E-state index >= 15 is 0 Å². The van der Waals surface area contributed by atoms with Crippen molar-refractivity contribution in [2.24, 2.45) is 0 Å². The highest BCUT2D eigenvalue weighted by Gasteiger charge is 2.25. The fourth-order valence-electron chi connectivity index (χ4n) is 3.43. The number of ether oxygens (including phenoxy) is 2. The Labute approximate surface area is 185 Å². The summed E-state index contributed by atoms with van der Waals surface area (Å²) in [4.78, 5) is 20.7. The molecule has 3 aromatic rings. The van der Waals surface area contributed by atoms with Gasteiger partial charge in [0, 0.05) is 18.5 Å². The van der Waals surface area contributed by atoms with Crippen LogP contribution in [0.2, 0.25) is 0 Å². The van der Waals surface area contributed by atoms with E-state index in [-0.39, 0.29) is 11.7 Å². The number of imidazole rings is 1. The van der Waals surface area contributed by atoms with Crippen LogP contribution in [0.4, 0.5) is 5.82 Å². The molecule has 3 rings (SSSR count). The van der Waals surface area contributed by atoms with Crippen molar-refractivity contribution < 1.29 is 18.8 Å². The molecule has 31 heavy (non-hydrogen) atoms. The average Bonchev–Trinajstić information content (AvgIpc) is 3.08. The van der Waals surface area contributed by atoms with Crippen molar-refractivity contribution in [2.45, 2.75) is 39.5 Å². The van der Waals surface area contributed by atoms with Gasteiger partial charge in [0.25, 0.3) is 0 Å². The zero-order valence-electron chi connectivity index (χ0n) is 18.1. The number of hydrogen-bond acceptors (Lipinski definition) is 8. The quantitative estimate of drug-likeness (QED) is 0.303. The first-order valence-electron chi connectivity index (χ1n) is 10.1. The van der Waals surface area contributed by atoms with Gasteiger partial charge in [-0.05, 0) is 38.9 Å². The number of carbonyl (C=O) groups is 1. The second-order valence-electron chi connectivity index (χ2n) is 7.69. The number of pyridine rings is 1. The van der Waals surface area contributed by atoms with Crippen molar-refractivity contribution in [1.82, 2.24) is 19.9 Å². The van der Waals surface area contributed by atoms with Crippen molar-refractivity contribution in [3.63, 3.8) is 0 Å². The van der Waals surface area contributed by atoms with E-state index in [1.165, 1.54) is 0 Å². The van der Waals surface area contributed by atoms with Crippen molar-refractivity contribution in [2.75, 3.05) is 31.2 Å². The number of fused-ring (bicyclic) bond motifs is 3. The average molecular weight is 448 g/mol. The molecule has 0 aliphatic rings. The smallest absolute Gasteiger partial charge is 0.232 e. The second-order valence-corrected chi connectivity index (χ2v) is 8.24. The number of nitrogens with zero attached hydrogens (tertiary/aromatic N) is 3. The monoisotopic (exact) mass is 447 g/mol. The Morgan fingerprint density at radius 1 is 1.32 bits per heavy atom. The van der Waals surface area contributed by atoms with Gasteiger partial charge in [0.05, 0.1) is 35.5 Å². The zero-order chi connectivity index (χ0) is 22.4. The molecule has 4 N–H and O–H groups in total. The van der Waals surface area contributed by atoms with Crippen molar-refractivity contribution in [3.8, 4) is 0 Å². The van der Waals surface area contributed by atoms with Crippen molar-refractivity contribution in [1.29, 1.82) is 0 Å². The lowest BCUT2D eigenvalue weighted by atomic mass is 10.1. The lowest BCUT2D eigenvalue weighted by Gasteiger charge is -2.27. The van der Waals surface area contributed by atoms with Gasteiger partial charge in [0.15, 0.2) is 5.82 Å². The first-order chi connectivity index (χ1) is 14.9. The van der Waals surface area contributed by atoms with Gasteiger partial charge in [-0.3, -0.25) is 4.79 Å². The summed E-state index contributed by atoms with van der Waals surface area (Å²) in [6.07, 6.45) is 0. The number of hydrogen-bond donors (Lipinski definition) is 3. The Morgan fingerprint density at radius 3 is 2.84 bits per heavy atom. The van der Waals surface area contributed by atoms with Crippen LogP contribution in [0.1, 0.15) is 26.6 Å².